The van der Waals surface area contributed by atoms with Gasteiger partial charge in [-0.2, -0.15) is 0 Å². The number of nitrogens with zero attached hydrogens (tertiary/aromatic N) is 2. The van der Waals surface area contributed by atoms with E-state index in [0.717, 1.165) is 11.2 Å². The molecule has 7 nitrogen and oxygen atoms in total. The van der Waals surface area contributed by atoms with Crippen molar-refractivity contribution in [2.24, 2.45) is 0 Å². The highest BCUT2D eigenvalue weighted by molar-refractivity contribution is 6.22. The van der Waals surface area contributed by atoms with E-state index in [1.807, 2.05) is 24.3 Å². The van der Waals surface area contributed by atoms with Gasteiger partial charge >= 0.3 is 0 Å². The molecule has 1 saturated heterocycles. The lowest BCUT2D eigenvalue weighted by Crippen LogP contribution is -2.47. The molecule has 0 radical (unpaired) electrons. The molecule has 7 heteroatoms. The molecule has 6 rings (SSSR count). The molecule has 1 aromatic heterocycles. The standard InChI is InChI=1S/C30H28N4O3/c1-18-29-28(23-10-6-7-11-25(23)32-29)24(20-8-4-3-5-9-20)17-33(18)26-16-27(36)34(30(26)37)22-14-12-21(13-15-22)31-19(2)35/h3-15,18,24,26,32H,16-17H2,1-2H3,(H,31,35). The van der Waals surface area contributed by atoms with Crippen LogP contribution in [0.5, 0.6) is 0 Å². The maximum absolute atomic E-state index is 13.7. The number of rotatable bonds is 4. The van der Waals surface area contributed by atoms with Crippen molar-refractivity contribution >= 4 is 40.0 Å². The van der Waals surface area contributed by atoms with Gasteiger partial charge < -0.3 is 10.3 Å². The molecule has 4 aromatic rings. The first-order valence-corrected chi connectivity index (χ1v) is 12.6. The number of carbonyl (C=O) groups excluding carboxylic acids is 3. The van der Waals surface area contributed by atoms with Crippen LogP contribution in [-0.4, -0.2) is 40.2 Å². The SMILES string of the molecule is CC(=O)Nc1ccc(N2C(=O)CC(N3CC(c4ccccc4)c4c([nH]c5ccccc45)C3C)C2=O)cc1. The first-order valence-electron chi connectivity index (χ1n) is 12.6. The number of para-hydroxylation sites is 1. The number of hydrogen-bond acceptors (Lipinski definition) is 4. The van der Waals surface area contributed by atoms with E-state index in [-0.39, 0.29) is 36.1 Å². The van der Waals surface area contributed by atoms with E-state index >= 15 is 0 Å². The number of amides is 3. The van der Waals surface area contributed by atoms with Crippen LogP contribution in [0.25, 0.3) is 10.9 Å². The van der Waals surface area contributed by atoms with E-state index in [1.165, 1.54) is 28.3 Å². The van der Waals surface area contributed by atoms with Gasteiger partial charge in [0.05, 0.1) is 18.2 Å². The van der Waals surface area contributed by atoms with Crippen LogP contribution in [-0.2, 0) is 14.4 Å². The molecule has 0 spiro atoms. The summed E-state index contributed by atoms with van der Waals surface area (Å²) in [5.74, 6) is -0.536. The number of nitrogens with one attached hydrogen (secondary N) is 2. The normalized spacial score (nSPS) is 21.9. The van der Waals surface area contributed by atoms with Gasteiger partial charge in [0.1, 0.15) is 0 Å². The van der Waals surface area contributed by atoms with Crippen molar-refractivity contribution in [1.82, 2.24) is 9.88 Å². The molecule has 0 bridgehead atoms. The van der Waals surface area contributed by atoms with Crippen molar-refractivity contribution in [3.63, 3.8) is 0 Å². The van der Waals surface area contributed by atoms with Gasteiger partial charge in [0, 0.05) is 47.7 Å². The Morgan fingerprint density at radius 3 is 2.38 bits per heavy atom. The fraction of sp³-hybridized carbons (Fsp3) is 0.233. The number of aromatic nitrogens is 1. The lowest BCUT2D eigenvalue weighted by molar-refractivity contribution is -0.123. The highest BCUT2D eigenvalue weighted by Gasteiger charge is 2.47. The molecule has 3 amide bonds. The molecule has 3 unspecified atom stereocenters. The van der Waals surface area contributed by atoms with Gasteiger partial charge in [-0.3, -0.25) is 19.3 Å². The minimum Gasteiger partial charge on any atom is -0.357 e. The topological polar surface area (TPSA) is 85.5 Å². The fourth-order valence-corrected chi connectivity index (χ4v) is 5.91. The Labute approximate surface area is 215 Å². The van der Waals surface area contributed by atoms with Gasteiger partial charge in [0.15, 0.2) is 0 Å². The summed E-state index contributed by atoms with van der Waals surface area (Å²) in [4.78, 5) is 45.3. The van der Waals surface area contributed by atoms with Crippen molar-refractivity contribution in [1.29, 1.82) is 0 Å². The van der Waals surface area contributed by atoms with Gasteiger partial charge in [0.2, 0.25) is 11.8 Å². The van der Waals surface area contributed by atoms with E-state index in [9.17, 15) is 14.4 Å². The average Bonchev–Trinajstić information content (AvgIpc) is 3.43. The molecule has 2 aliphatic heterocycles. The number of aromatic amines is 1. The molecule has 2 aliphatic rings. The van der Waals surface area contributed by atoms with Crippen LogP contribution >= 0.6 is 0 Å². The van der Waals surface area contributed by atoms with E-state index in [0.29, 0.717) is 17.9 Å². The number of H-pyrrole nitrogens is 1. The van der Waals surface area contributed by atoms with Crippen molar-refractivity contribution in [3.8, 4) is 0 Å². The second-order valence-corrected chi connectivity index (χ2v) is 9.85. The summed E-state index contributed by atoms with van der Waals surface area (Å²) in [6, 6.07) is 24.9. The third kappa shape index (κ3) is 3.92. The third-order valence-corrected chi connectivity index (χ3v) is 7.60. The zero-order valence-corrected chi connectivity index (χ0v) is 20.8. The quantitative estimate of drug-likeness (QED) is 0.394. The molecule has 2 N–H and O–H groups in total. The van der Waals surface area contributed by atoms with E-state index in [1.54, 1.807) is 24.3 Å². The van der Waals surface area contributed by atoms with E-state index < -0.39 is 6.04 Å². The van der Waals surface area contributed by atoms with Crippen LogP contribution in [0.3, 0.4) is 0 Å². The van der Waals surface area contributed by atoms with Gasteiger partial charge in [-0.15, -0.1) is 0 Å². The zero-order chi connectivity index (χ0) is 25.7. The first-order chi connectivity index (χ1) is 17.9. The molecule has 3 aromatic carbocycles. The van der Waals surface area contributed by atoms with Crippen molar-refractivity contribution in [2.45, 2.75) is 38.3 Å². The lowest BCUT2D eigenvalue weighted by Gasteiger charge is -2.40. The van der Waals surface area contributed by atoms with Gasteiger partial charge in [0.25, 0.3) is 5.91 Å². The summed E-state index contributed by atoms with van der Waals surface area (Å²) in [5, 5.41) is 3.91. The van der Waals surface area contributed by atoms with Gasteiger partial charge in [-0.1, -0.05) is 48.5 Å². The monoisotopic (exact) mass is 492 g/mol. The minimum absolute atomic E-state index is 0.0637. The Kier molecular flexibility index (Phi) is 5.65. The summed E-state index contributed by atoms with van der Waals surface area (Å²) in [6.07, 6.45) is 0.133. The molecule has 0 saturated carbocycles. The predicted octanol–water partition coefficient (Wildman–Crippen LogP) is 4.97. The zero-order valence-electron chi connectivity index (χ0n) is 20.8. The fourth-order valence-electron chi connectivity index (χ4n) is 5.91. The Morgan fingerprint density at radius 1 is 0.946 bits per heavy atom. The molecule has 37 heavy (non-hydrogen) atoms. The van der Waals surface area contributed by atoms with Gasteiger partial charge in [-0.05, 0) is 48.4 Å². The molecule has 3 atom stereocenters. The Morgan fingerprint density at radius 2 is 1.65 bits per heavy atom. The minimum atomic E-state index is -0.553. The largest absolute Gasteiger partial charge is 0.357 e. The number of carbonyl (C=O) groups is 3. The second-order valence-electron chi connectivity index (χ2n) is 9.85. The summed E-state index contributed by atoms with van der Waals surface area (Å²) < 4.78 is 0. The number of fused-ring (bicyclic) bond motifs is 3. The van der Waals surface area contributed by atoms with Crippen LogP contribution in [0.1, 0.15) is 49.0 Å². The number of hydrogen-bond donors (Lipinski definition) is 2. The second kappa shape index (κ2) is 9.01. The van der Waals surface area contributed by atoms with Crippen LogP contribution in [0.4, 0.5) is 11.4 Å². The molecule has 1 fully saturated rings. The van der Waals surface area contributed by atoms with E-state index in [4.69, 9.17) is 0 Å². The van der Waals surface area contributed by atoms with Crippen molar-refractivity contribution < 1.29 is 14.4 Å². The molecular formula is C30H28N4O3. The van der Waals surface area contributed by atoms with E-state index in [2.05, 4.69) is 52.5 Å². The number of imide groups is 1. The predicted molar refractivity (Wildman–Crippen MR) is 143 cm³/mol. The highest BCUT2D eigenvalue weighted by Crippen LogP contribution is 2.45. The maximum atomic E-state index is 13.7. The highest BCUT2D eigenvalue weighted by atomic mass is 16.2. The Bertz CT molecular complexity index is 1510. The van der Waals surface area contributed by atoms with Crippen molar-refractivity contribution in [2.75, 3.05) is 16.8 Å². The number of anilines is 2. The molecule has 186 valence electrons. The lowest BCUT2D eigenvalue weighted by atomic mass is 9.83. The van der Waals surface area contributed by atoms with Crippen LogP contribution in [0, 0.1) is 0 Å². The molecular weight excluding hydrogens is 464 g/mol. The van der Waals surface area contributed by atoms with Gasteiger partial charge in [-0.25, -0.2) is 4.90 Å². The summed E-state index contributed by atoms with van der Waals surface area (Å²) in [5.41, 5.74) is 5.77. The summed E-state index contributed by atoms with van der Waals surface area (Å²) in [6.45, 7) is 4.18. The first kappa shape index (κ1) is 23.2. The number of benzene rings is 3. The van der Waals surface area contributed by atoms with Crippen LogP contribution < -0.4 is 10.2 Å². The van der Waals surface area contributed by atoms with Crippen molar-refractivity contribution in [3.05, 3.63) is 95.7 Å². The smallest absolute Gasteiger partial charge is 0.251 e. The average molecular weight is 493 g/mol. The van der Waals surface area contributed by atoms with Crippen LogP contribution in [0.15, 0.2) is 78.9 Å². The Balaban J connectivity index is 1.36. The molecule has 3 heterocycles. The summed E-state index contributed by atoms with van der Waals surface area (Å²) >= 11 is 0. The third-order valence-electron chi connectivity index (χ3n) is 7.60. The summed E-state index contributed by atoms with van der Waals surface area (Å²) in [7, 11) is 0. The molecule has 0 aliphatic carbocycles. The van der Waals surface area contributed by atoms with Crippen LogP contribution in [0.2, 0.25) is 0 Å². The maximum Gasteiger partial charge on any atom is 0.251 e. The Hall–Kier alpha value is -4.23.